The van der Waals surface area contributed by atoms with Crippen LogP contribution in [0.1, 0.15) is 0 Å². The molecule has 1 rings (SSSR count). The Hall–Kier alpha value is -1.58. The molecule has 1 aromatic rings. The van der Waals surface area contributed by atoms with Gasteiger partial charge < -0.3 is 10.5 Å². The standard InChI is InChI=1S/C7H9N3O/c1-2-4-9-7-3-5-8-6-10(7)11/h2-3,5-6,9H,1,4H2. The van der Waals surface area contributed by atoms with E-state index >= 15 is 0 Å². The van der Waals surface area contributed by atoms with Crippen molar-refractivity contribution in [1.82, 2.24) is 4.98 Å². The lowest BCUT2D eigenvalue weighted by molar-refractivity contribution is -0.593. The zero-order valence-corrected chi connectivity index (χ0v) is 6.03. The lowest BCUT2D eigenvalue weighted by Crippen LogP contribution is -2.30. The van der Waals surface area contributed by atoms with Crippen molar-refractivity contribution in [2.24, 2.45) is 0 Å². The van der Waals surface area contributed by atoms with Crippen LogP contribution in [0.25, 0.3) is 0 Å². The highest BCUT2D eigenvalue weighted by molar-refractivity contribution is 5.26. The lowest BCUT2D eigenvalue weighted by atomic mass is 10.5. The molecule has 0 radical (unpaired) electrons. The molecule has 1 aromatic heterocycles. The zero-order chi connectivity index (χ0) is 8.10. The number of hydrogen-bond donors (Lipinski definition) is 1. The number of anilines is 1. The summed E-state index contributed by atoms with van der Waals surface area (Å²) in [5, 5.41) is 13.7. The predicted octanol–water partition coefficient (Wildman–Crippen LogP) is 0.313. The highest BCUT2D eigenvalue weighted by Gasteiger charge is 1.95. The van der Waals surface area contributed by atoms with Crippen LogP contribution in [0, 0.1) is 5.21 Å². The van der Waals surface area contributed by atoms with Crippen LogP contribution in [-0.4, -0.2) is 11.5 Å². The SMILES string of the molecule is C=CCNc1ccnc[n+]1[O-]. The molecule has 0 unspecified atom stereocenters. The summed E-state index contributed by atoms with van der Waals surface area (Å²) >= 11 is 0. The largest absolute Gasteiger partial charge is 0.740 e. The van der Waals surface area contributed by atoms with Crippen molar-refractivity contribution in [2.45, 2.75) is 0 Å². The summed E-state index contributed by atoms with van der Waals surface area (Å²) in [5.41, 5.74) is 0. The molecular formula is C7H9N3O. The van der Waals surface area contributed by atoms with Crippen molar-refractivity contribution in [3.63, 3.8) is 0 Å². The summed E-state index contributed by atoms with van der Waals surface area (Å²) < 4.78 is 0.670. The maximum atomic E-state index is 10.9. The van der Waals surface area contributed by atoms with Gasteiger partial charge in [0.05, 0.1) is 6.54 Å². The molecule has 4 nitrogen and oxygen atoms in total. The van der Waals surface area contributed by atoms with E-state index in [1.807, 2.05) is 0 Å². The first-order valence-corrected chi connectivity index (χ1v) is 3.22. The Kier molecular flexibility index (Phi) is 2.43. The molecule has 0 bridgehead atoms. The molecule has 4 heteroatoms. The van der Waals surface area contributed by atoms with Gasteiger partial charge in [-0.2, -0.15) is 0 Å². The molecule has 0 atom stereocenters. The number of nitrogens with zero attached hydrogens (tertiary/aromatic N) is 2. The van der Waals surface area contributed by atoms with Gasteiger partial charge in [0, 0.05) is 6.07 Å². The average molecular weight is 151 g/mol. The van der Waals surface area contributed by atoms with E-state index in [1.165, 1.54) is 6.33 Å². The van der Waals surface area contributed by atoms with Gasteiger partial charge in [-0.25, -0.2) is 0 Å². The van der Waals surface area contributed by atoms with Crippen LogP contribution in [0.15, 0.2) is 31.2 Å². The molecule has 58 valence electrons. The molecule has 0 amide bonds. The van der Waals surface area contributed by atoms with Crippen LogP contribution < -0.4 is 10.0 Å². The number of rotatable bonds is 3. The van der Waals surface area contributed by atoms with Crippen LogP contribution in [-0.2, 0) is 0 Å². The maximum Gasteiger partial charge on any atom is 0.225 e. The van der Waals surface area contributed by atoms with Crippen LogP contribution in [0.3, 0.4) is 0 Å². The summed E-state index contributed by atoms with van der Waals surface area (Å²) in [6, 6.07) is 1.61. The van der Waals surface area contributed by atoms with E-state index in [0.717, 1.165) is 0 Å². The van der Waals surface area contributed by atoms with Crippen LogP contribution in [0.2, 0.25) is 0 Å². The fraction of sp³-hybridized carbons (Fsp3) is 0.143. The van der Waals surface area contributed by atoms with Crippen LogP contribution in [0.4, 0.5) is 5.82 Å². The zero-order valence-electron chi connectivity index (χ0n) is 6.03. The van der Waals surface area contributed by atoms with Crippen molar-refractivity contribution in [3.8, 4) is 0 Å². The smallest absolute Gasteiger partial charge is 0.225 e. The molecule has 0 saturated carbocycles. The third kappa shape index (κ3) is 1.93. The summed E-state index contributed by atoms with van der Waals surface area (Å²) in [7, 11) is 0. The number of hydrogen-bond acceptors (Lipinski definition) is 3. The molecule has 1 heterocycles. The molecular weight excluding hydrogens is 142 g/mol. The molecule has 1 N–H and O–H groups in total. The van der Waals surface area contributed by atoms with Crippen LogP contribution in [0.5, 0.6) is 0 Å². The summed E-state index contributed by atoms with van der Waals surface area (Å²) in [6.07, 6.45) is 4.44. The second-order valence-corrected chi connectivity index (χ2v) is 1.96. The van der Waals surface area contributed by atoms with E-state index in [9.17, 15) is 5.21 Å². The minimum Gasteiger partial charge on any atom is -0.740 e. The molecule has 0 spiro atoms. The lowest BCUT2D eigenvalue weighted by Gasteiger charge is -2.06. The van der Waals surface area contributed by atoms with Crippen molar-refractivity contribution in [1.29, 1.82) is 0 Å². The first-order chi connectivity index (χ1) is 5.34. The average Bonchev–Trinajstić information content (AvgIpc) is 2.03. The van der Waals surface area contributed by atoms with Gasteiger partial charge in [0.2, 0.25) is 12.1 Å². The first-order valence-electron chi connectivity index (χ1n) is 3.22. The minimum absolute atomic E-state index is 0.486. The van der Waals surface area contributed by atoms with Crippen molar-refractivity contribution >= 4 is 5.82 Å². The van der Waals surface area contributed by atoms with Gasteiger partial charge in [0.25, 0.3) is 0 Å². The summed E-state index contributed by atoms with van der Waals surface area (Å²) in [6.45, 7) is 4.09. The van der Waals surface area contributed by atoms with Gasteiger partial charge in [0.1, 0.15) is 6.20 Å². The maximum absolute atomic E-state index is 10.9. The highest BCUT2D eigenvalue weighted by Crippen LogP contribution is 1.93. The number of aromatic nitrogens is 2. The van der Waals surface area contributed by atoms with E-state index in [4.69, 9.17) is 0 Å². The second kappa shape index (κ2) is 3.55. The Morgan fingerprint density at radius 3 is 3.27 bits per heavy atom. The highest BCUT2D eigenvalue weighted by atomic mass is 16.5. The van der Waals surface area contributed by atoms with Gasteiger partial charge in [-0.05, 0) is 0 Å². The fourth-order valence-electron chi connectivity index (χ4n) is 0.662. The second-order valence-electron chi connectivity index (χ2n) is 1.96. The van der Waals surface area contributed by atoms with Gasteiger partial charge in [0.15, 0.2) is 0 Å². The van der Waals surface area contributed by atoms with E-state index in [0.29, 0.717) is 17.1 Å². The quantitative estimate of drug-likeness (QED) is 0.384. The third-order valence-corrected chi connectivity index (χ3v) is 1.15. The van der Waals surface area contributed by atoms with Gasteiger partial charge in [-0.3, -0.25) is 4.73 Å². The summed E-state index contributed by atoms with van der Waals surface area (Å²) in [4.78, 5) is 3.64. The molecule has 0 aromatic carbocycles. The van der Waals surface area contributed by atoms with E-state index < -0.39 is 0 Å². The third-order valence-electron chi connectivity index (χ3n) is 1.15. The number of nitrogens with one attached hydrogen (secondary N) is 1. The van der Waals surface area contributed by atoms with E-state index in [-0.39, 0.29) is 0 Å². The molecule has 0 aliphatic carbocycles. The van der Waals surface area contributed by atoms with Gasteiger partial charge in [-0.15, -0.1) is 4.98 Å². The molecule has 11 heavy (non-hydrogen) atoms. The fourth-order valence-corrected chi connectivity index (χ4v) is 0.662. The molecule has 0 saturated heterocycles. The molecule has 0 aliphatic heterocycles. The van der Waals surface area contributed by atoms with Crippen molar-refractivity contribution < 1.29 is 4.73 Å². The van der Waals surface area contributed by atoms with Crippen LogP contribution >= 0.6 is 0 Å². The van der Waals surface area contributed by atoms with E-state index in [1.54, 1.807) is 18.3 Å². The Bertz CT molecular complexity index is 249. The van der Waals surface area contributed by atoms with E-state index in [2.05, 4.69) is 16.9 Å². The first kappa shape index (κ1) is 7.53. The van der Waals surface area contributed by atoms with Crippen molar-refractivity contribution in [3.05, 3.63) is 36.5 Å². The minimum atomic E-state index is 0.486. The molecule has 0 aliphatic rings. The van der Waals surface area contributed by atoms with Gasteiger partial charge in [-0.1, -0.05) is 12.7 Å². The topological polar surface area (TPSA) is 51.9 Å². The predicted molar refractivity (Wildman–Crippen MR) is 41.9 cm³/mol. The molecule has 0 fully saturated rings. The Morgan fingerprint density at radius 2 is 2.64 bits per heavy atom. The Morgan fingerprint density at radius 1 is 1.82 bits per heavy atom. The normalized spacial score (nSPS) is 9.09. The Balaban J connectivity index is 2.69. The summed E-state index contributed by atoms with van der Waals surface area (Å²) in [5.74, 6) is 0.486. The van der Waals surface area contributed by atoms with Crippen molar-refractivity contribution in [2.75, 3.05) is 11.9 Å². The van der Waals surface area contributed by atoms with Gasteiger partial charge >= 0.3 is 0 Å². The Labute approximate surface area is 64.8 Å². The monoisotopic (exact) mass is 151 g/mol.